The Morgan fingerprint density at radius 1 is 1.47 bits per heavy atom. The highest BCUT2D eigenvalue weighted by molar-refractivity contribution is 9.10. The highest BCUT2D eigenvalue weighted by Crippen LogP contribution is 2.23. The van der Waals surface area contributed by atoms with Crippen molar-refractivity contribution >= 4 is 21.9 Å². The Balaban J connectivity index is 2.90. The number of aryl methyl sites for hydroxylation is 1. The number of aliphatic carboxylic acids is 1. The van der Waals surface area contributed by atoms with Crippen molar-refractivity contribution in [3.8, 4) is 6.07 Å². The summed E-state index contributed by atoms with van der Waals surface area (Å²) < 4.78 is 0.808. The van der Waals surface area contributed by atoms with Crippen LogP contribution in [0.25, 0.3) is 0 Å². The van der Waals surface area contributed by atoms with Crippen molar-refractivity contribution in [1.29, 1.82) is 5.26 Å². The van der Waals surface area contributed by atoms with Crippen LogP contribution in [0.15, 0.2) is 22.7 Å². The van der Waals surface area contributed by atoms with Gasteiger partial charge in [0.15, 0.2) is 0 Å². The molecule has 0 saturated carbocycles. The van der Waals surface area contributed by atoms with Crippen molar-refractivity contribution in [2.75, 3.05) is 0 Å². The van der Waals surface area contributed by atoms with Crippen LogP contribution in [0.5, 0.6) is 0 Å². The van der Waals surface area contributed by atoms with E-state index in [2.05, 4.69) is 22.0 Å². The van der Waals surface area contributed by atoms with Crippen LogP contribution in [0.4, 0.5) is 0 Å². The maximum Gasteiger partial charge on any atom is 0.307 e. The van der Waals surface area contributed by atoms with E-state index in [-0.39, 0.29) is 6.42 Å². The van der Waals surface area contributed by atoms with Crippen LogP contribution < -0.4 is 0 Å². The van der Waals surface area contributed by atoms with Crippen molar-refractivity contribution in [1.82, 2.24) is 0 Å². The molecule has 1 rings (SSSR count). The van der Waals surface area contributed by atoms with Gasteiger partial charge in [0, 0.05) is 10.9 Å². The normalized spacial score (nSPS) is 9.60. The molecule has 1 aromatic carbocycles. The molecule has 15 heavy (non-hydrogen) atoms. The van der Waals surface area contributed by atoms with Crippen LogP contribution in [0.3, 0.4) is 0 Å². The van der Waals surface area contributed by atoms with Gasteiger partial charge in [0.05, 0.1) is 12.5 Å². The number of rotatable bonds is 4. The van der Waals surface area contributed by atoms with Crippen molar-refractivity contribution < 1.29 is 9.90 Å². The molecule has 0 unspecified atom stereocenters. The molecule has 0 saturated heterocycles. The summed E-state index contributed by atoms with van der Waals surface area (Å²) in [6.45, 7) is 0. The van der Waals surface area contributed by atoms with Crippen LogP contribution in [-0.4, -0.2) is 11.1 Å². The fraction of sp³-hybridized carbons (Fsp3) is 0.273. The summed E-state index contributed by atoms with van der Waals surface area (Å²) in [5.74, 6) is -0.854. The van der Waals surface area contributed by atoms with Crippen molar-refractivity contribution in [3.63, 3.8) is 0 Å². The Hall–Kier alpha value is -1.34. The van der Waals surface area contributed by atoms with E-state index >= 15 is 0 Å². The first-order valence-electron chi connectivity index (χ1n) is 4.50. The van der Waals surface area contributed by atoms with Crippen LogP contribution in [0, 0.1) is 11.3 Å². The highest BCUT2D eigenvalue weighted by Gasteiger charge is 2.08. The number of nitrogens with zero attached hydrogens (tertiary/aromatic N) is 1. The first-order chi connectivity index (χ1) is 7.15. The summed E-state index contributed by atoms with van der Waals surface area (Å²) in [6.07, 6.45) is 1.08. The molecule has 3 nitrogen and oxygen atoms in total. The number of hydrogen-bond acceptors (Lipinski definition) is 2. The molecule has 0 aromatic heterocycles. The second-order valence-corrected chi connectivity index (χ2v) is 3.91. The maximum atomic E-state index is 10.6. The summed E-state index contributed by atoms with van der Waals surface area (Å²) >= 11 is 3.37. The third-order valence-corrected chi connectivity index (χ3v) is 3.03. The summed E-state index contributed by atoms with van der Waals surface area (Å²) in [5.41, 5.74) is 1.73. The van der Waals surface area contributed by atoms with Gasteiger partial charge in [-0.2, -0.15) is 5.26 Å². The highest BCUT2D eigenvalue weighted by atomic mass is 79.9. The van der Waals surface area contributed by atoms with Crippen LogP contribution in [0.2, 0.25) is 0 Å². The molecule has 78 valence electrons. The molecule has 0 aliphatic heterocycles. The fourth-order valence-corrected chi connectivity index (χ4v) is 1.92. The summed E-state index contributed by atoms with van der Waals surface area (Å²) in [4.78, 5) is 10.6. The topological polar surface area (TPSA) is 61.1 Å². The number of nitriles is 1. The maximum absolute atomic E-state index is 10.6. The van der Waals surface area contributed by atoms with E-state index in [1.807, 2.05) is 12.1 Å². The first kappa shape index (κ1) is 11.7. The monoisotopic (exact) mass is 267 g/mol. The molecule has 0 spiro atoms. The molecule has 0 atom stereocenters. The summed E-state index contributed by atoms with van der Waals surface area (Å²) in [5, 5.41) is 17.2. The van der Waals surface area contributed by atoms with Gasteiger partial charge in [0.25, 0.3) is 0 Å². The van der Waals surface area contributed by atoms with Crippen LogP contribution >= 0.6 is 15.9 Å². The fourth-order valence-electron chi connectivity index (χ4n) is 1.32. The van der Waals surface area contributed by atoms with E-state index in [0.29, 0.717) is 12.8 Å². The van der Waals surface area contributed by atoms with Gasteiger partial charge in [-0.15, -0.1) is 0 Å². The minimum atomic E-state index is -0.854. The molecule has 0 aliphatic rings. The lowest BCUT2D eigenvalue weighted by atomic mass is 10.0. The van der Waals surface area contributed by atoms with Gasteiger partial charge < -0.3 is 5.11 Å². The molecule has 1 N–H and O–H groups in total. The van der Waals surface area contributed by atoms with E-state index in [1.54, 1.807) is 6.07 Å². The van der Waals surface area contributed by atoms with Gasteiger partial charge in [0.1, 0.15) is 0 Å². The Labute approximate surface area is 96.5 Å². The summed E-state index contributed by atoms with van der Waals surface area (Å²) in [7, 11) is 0. The van der Waals surface area contributed by atoms with E-state index in [1.165, 1.54) is 0 Å². The molecule has 1 aromatic rings. The average Bonchev–Trinajstić information content (AvgIpc) is 2.19. The largest absolute Gasteiger partial charge is 0.481 e. The van der Waals surface area contributed by atoms with Gasteiger partial charge in [-0.25, -0.2) is 0 Å². The predicted molar refractivity (Wildman–Crippen MR) is 59.4 cm³/mol. The zero-order valence-electron chi connectivity index (χ0n) is 8.03. The number of carboxylic acids is 1. The Bertz CT molecular complexity index is 410. The standard InChI is InChI=1S/C11H10BrNO2/c12-11-8(5-2-6-13)3-1-4-9(11)7-10(14)15/h1,3-4H,2,5,7H2,(H,14,15). The lowest BCUT2D eigenvalue weighted by Gasteiger charge is -2.06. The van der Waals surface area contributed by atoms with Gasteiger partial charge >= 0.3 is 5.97 Å². The number of benzene rings is 1. The van der Waals surface area contributed by atoms with Crippen molar-refractivity contribution in [2.45, 2.75) is 19.3 Å². The third-order valence-electron chi connectivity index (χ3n) is 2.01. The number of carboxylic acid groups (broad SMARTS) is 1. The Morgan fingerprint density at radius 3 is 2.73 bits per heavy atom. The van der Waals surface area contributed by atoms with Gasteiger partial charge in [0.2, 0.25) is 0 Å². The molecule has 0 heterocycles. The predicted octanol–water partition coefficient (Wildman–Crippen LogP) is 2.53. The minimum Gasteiger partial charge on any atom is -0.481 e. The molecule has 0 amide bonds. The van der Waals surface area contributed by atoms with Crippen molar-refractivity contribution in [2.24, 2.45) is 0 Å². The van der Waals surface area contributed by atoms with E-state index < -0.39 is 5.97 Å². The molecule has 0 fully saturated rings. The molecular weight excluding hydrogens is 258 g/mol. The molecule has 0 aliphatic carbocycles. The SMILES string of the molecule is N#CCCc1cccc(CC(=O)O)c1Br. The average molecular weight is 268 g/mol. The van der Waals surface area contributed by atoms with Gasteiger partial charge in [-0.1, -0.05) is 34.1 Å². The van der Waals surface area contributed by atoms with Gasteiger partial charge in [-0.3, -0.25) is 4.79 Å². The summed E-state index contributed by atoms with van der Waals surface area (Å²) in [6, 6.07) is 7.55. The minimum absolute atomic E-state index is 0.000969. The molecule has 0 radical (unpaired) electrons. The lowest BCUT2D eigenvalue weighted by Crippen LogP contribution is -2.02. The quantitative estimate of drug-likeness (QED) is 0.912. The second kappa shape index (κ2) is 5.52. The van der Waals surface area contributed by atoms with E-state index in [9.17, 15) is 4.79 Å². The number of hydrogen-bond donors (Lipinski definition) is 1. The van der Waals surface area contributed by atoms with Gasteiger partial charge in [-0.05, 0) is 17.5 Å². The molecular formula is C11H10BrNO2. The smallest absolute Gasteiger partial charge is 0.307 e. The van der Waals surface area contributed by atoms with E-state index in [4.69, 9.17) is 10.4 Å². The zero-order chi connectivity index (χ0) is 11.3. The number of carbonyl (C=O) groups is 1. The zero-order valence-corrected chi connectivity index (χ0v) is 9.62. The third kappa shape index (κ3) is 3.37. The van der Waals surface area contributed by atoms with Crippen LogP contribution in [0.1, 0.15) is 17.5 Å². The van der Waals surface area contributed by atoms with Crippen LogP contribution in [-0.2, 0) is 17.6 Å². The first-order valence-corrected chi connectivity index (χ1v) is 5.29. The number of halogens is 1. The Kier molecular flexibility index (Phi) is 4.32. The molecule has 4 heteroatoms. The van der Waals surface area contributed by atoms with Crippen molar-refractivity contribution in [3.05, 3.63) is 33.8 Å². The molecule has 0 bridgehead atoms. The van der Waals surface area contributed by atoms with E-state index in [0.717, 1.165) is 15.6 Å². The second-order valence-electron chi connectivity index (χ2n) is 3.12. The lowest BCUT2D eigenvalue weighted by molar-refractivity contribution is -0.136. The Morgan fingerprint density at radius 2 is 2.13 bits per heavy atom.